The van der Waals surface area contributed by atoms with Gasteiger partial charge < -0.3 is 15.1 Å². The van der Waals surface area contributed by atoms with Crippen molar-refractivity contribution in [3.63, 3.8) is 0 Å². The smallest absolute Gasteiger partial charge is 0.270 e. The number of anilines is 1. The van der Waals surface area contributed by atoms with Crippen LogP contribution in [0.15, 0.2) is 23.1 Å². The van der Waals surface area contributed by atoms with Crippen molar-refractivity contribution in [2.75, 3.05) is 75.5 Å². The van der Waals surface area contributed by atoms with Crippen LogP contribution in [0.25, 0.3) is 0 Å². The summed E-state index contributed by atoms with van der Waals surface area (Å²) in [6.07, 6.45) is -0.0264. The molecule has 0 aliphatic carbocycles. The van der Waals surface area contributed by atoms with E-state index in [1.165, 1.54) is 16.4 Å². The van der Waals surface area contributed by atoms with E-state index < -0.39 is 43.5 Å². The van der Waals surface area contributed by atoms with Crippen molar-refractivity contribution >= 4 is 47.4 Å². The fraction of sp³-hybridized carbons (Fsp3) is 0.667. The molecule has 1 aliphatic rings. The van der Waals surface area contributed by atoms with Crippen LogP contribution in [0.1, 0.15) is 0 Å². The molecule has 1 heterocycles. The van der Waals surface area contributed by atoms with Crippen LogP contribution in [0.5, 0.6) is 0 Å². The summed E-state index contributed by atoms with van der Waals surface area (Å²) in [6.45, 7) is 0.715. The summed E-state index contributed by atoms with van der Waals surface area (Å²) in [4.78, 5) is 13.8. The van der Waals surface area contributed by atoms with Crippen LogP contribution in [0.4, 0.5) is 11.4 Å². The molecule has 1 atom stereocenters. The van der Waals surface area contributed by atoms with Gasteiger partial charge in [-0.3, -0.25) is 19.2 Å². The quantitative estimate of drug-likeness (QED) is 0.131. The van der Waals surface area contributed by atoms with E-state index in [4.69, 9.17) is 9.29 Å². The lowest BCUT2D eigenvalue weighted by molar-refractivity contribution is -0.385. The number of sulfonamides is 1. The maximum absolute atomic E-state index is 13.5. The second-order valence-corrected chi connectivity index (χ2v) is 12.0. The highest BCUT2D eigenvalue weighted by Crippen LogP contribution is 2.32. The number of nitro groups is 1. The lowest BCUT2D eigenvalue weighted by atomic mass is 10.2. The second kappa shape index (κ2) is 12.5. The molecule has 1 saturated heterocycles. The van der Waals surface area contributed by atoms with Crippen molar-refractivity contribution < 1.29 is 36.2 Å². The zero-order valence-corrected chi connectivity index (χ0v) is 21.8. The molecule has 13 nitrogen and oxygen atoms in total. The van der Waals surface area contributed by atoms with Gasteiger partial charge in [0, 0.05) is 63.3 Å². The SMILES string of the molecule is CS(=O)(=O)OCCN(CCBr)c1ccc([N+](=O)[O-])cc1S(=O)(=O)N1CCN(CC(O)CO)CC1. The molecule has 0 saturated carbocycles. The Morgan fingerprint density at radius 1 is 1.21 bits per heavy atom. The number of hydrogen-bond acceptors (Lipinski definition) is 11. The number of rotatable bonds is 13. The molecule has 0 spiro atoms. The molecule has 0 radical (unpaired) electrons. The summed E-state index contributed by atoms with van der Waals surface area (Å²) in [5.41, 5.74) is -0.196. The molecular formula is C18H29BrN4O9S2. The third-order valence-corrected chi connectivity index (χ3v) is 8.01. The Labute approximate surface area is 207 Å². The van der Waals surface area contributed by atoms with Gasteiger partial charge in [0.25, 0.3) is 15.8 Å². The van der Waals surface area contributed by atoms with Gasteiger partial charge >= 0.3 is 0 Å². The first-order chi connectivity index (χ1) is 15.9. The van der Waals surface area contributed by atoms with Gasteiger partial charge in [0.1, 0.15) is 4.90 Å². The first-order valence-corrected chi connectivity index (χ1v) is 14.7. The highest BCUT2D eigenvalue weighted by atomic mass is 79.9. The first-order valence-electron chi connectivity index (χ1n) is 10.3. The van der Waals surface area contributed by atoms with Crippen LogP contribution in [-0.4, -0.2) is 118 Å². The molecule has 1 unspecified atom stereocenters. The van der Waals surface area contributed by atoms with Gasteiger partial charge in [-0.05, 0) is 6.07 Å². The summed E-state index contributed by atoms with van der Waals surface area (Å²) >= 11 is 3.29. The molecule has 1 aromatic carbocycles. The average molecular weight is 589 g/mol. The summed E-state index contributed by atoms with van der Waals surface area (Å²) < 4.78 is 55.7. The fourth-order valence-electron chi connectivity index (χ4n) is 3.49. The van der Waals surface area contributed by atoms with Crippen LogP contribution in [0, 0.1) is 10.1 Å². The molecule has 1 aliphatic heterocycles. The molecular weight excluding hydrogens is 560 g/mol. The Balaban J connectivity index is 2.35. The number of β-amino-alcohol motifs (C(OH)–C–C–N with tert-alkyl or cyclic N) is 1. The molecule has 34 heavy (non-hydrogen) atoms. The minimum Gasteiger partial charge on any atom is -0.394 e. The highest BCUT2D eigenvalue weighted by Gasteiger charge is 2.33. The third-order valence-electron chi connectivity index (χ3n) is 5.14. The van der Waals surface area contributed by atoms with E-state index in [0.29, 0.717) is 25.0 Å². The maximum atomic E-state index is 13.5. The van der Waals surface area contributed by atoms with E-state index in [-0.39, 0.29) is 43.4 Å². The monoisotopic (exact) mass is 588 g/mol. The van der Waals surface area contributed by atoms with Gasteiger partial charge in [0.2, 0.25) is 10.0 Å². The van der Waals surface area contributed by atoms with Crippen LogP contribution in [0.2, 0.25) is 0 Å². The first kappa shape index (κ1) is 28.8. The number of halogens is 1. The van der Waals surface area contributed by atoms with Crippen molar-refractivity contribution in [2.24, 2.45) is 0 Å². The number of aliphatic hydroxyl groups excluding tert-OH is 2. The fourth-order valence-corrected chi connectivity index (χ4v) is 5.94. The van der Waals surface area contributed by atoms with E-state index in [2.05, 4.69) is 15.9 Å². The van der Waals surface area contributed by atoms with E-state index in [0.717, 1.165) is 12.3 Å². The Morgan fingerprint density at radius 3 is 2.38 bits per heavy atom. The van der Waals surface area contributed by atoms with Crippen LogP contribution >= 0.6 is 15.9 Å². The minimum atomic E-state index is -4.15. The van der Waals surface area contributed by atoms with Crippen molar-refractivity contribution in [1.82, 2.24) is 9.21 Å². The van der Waals surface area contributed by atoms with E-state index in [1.54, 1.807) is 4.90 Å². The zero-order valence-electron chi connectivity index (χ0n) is 18.6. The Bertz CT molecular complexity index is 1050. The van der Waals surface area contributed by atoms with E-state index in [1.807, 2.05) is 4.90 Å². The Hall–Kier alpha value is -1.40. The normalized spacial score (nSPS) is 16.9. The molecule has 1 aromatic rings. The number of nitrogens with zero attached hydrogens (tertiary/aromatic N) is 4. The summed E-state index contributed by atoms with van der Waals surface area (Å²) in [6, 6.07) is 3.54. The second-order valence-electron chi connectivity index (χ2n) is 7.65. The van der Waals surface area contributed by atoms with E-state index >= 15 is 0 Å². The lowest BCUT2D eigenvalue weighted by Gasteiger charge is -2.35. The molecule has 0 amide bonds. The average Bonchev–Trinajstić information content (AvgIpc) is 2.77. The Kier molecular flexibility index (Phi) is 10.6. The number of benzene rings is 1. The van der Waals surface area contributed by atoms with Crippen LogP contribution in [-0.2, 0) is 24.3 Å². The van der Waals surface area contributed by atoms with Crippen molar-refractivity contribution in [3.05, 3.63) is 28.3 Å². The van der Waals surface area contributed by atoms with Crippen molar-refractivity contribution in [2.45, 2.75) is 11.0 Å². The maximum Gasteiger partial charge on any atom is 0.270 e. The number of piperazine rings is 1. The Morgan fingerprint density at radius 2 is 1.85 bits per heavy atom. The number of nitro benzene ring substituents is 1. The minimum absolute atomic E-state index is 0.0336. The molecule has 0 bridgehead atoms. The van der Waals surface area contributed by atoms with Gasteiger partial charge in [-0.1, -0.05) is 15.9 Å². The number of alkyl halides is 1. The summed E-state index contributed by atoms with van der Waals surface area (Å²) in [7, 11) is -7.85. The molecule has 0 aromatic heterocycles. The van der Waals surface area contributed by atoms with Crippen molar-refractivity contribution in [1.29, 1.82) is 0 Å². The van der Waals surface area contributed by atoms with Crippen LogP contribution < -0.4 is 4.90 Å². The van der Waals surface area contributed by atoms with Gasteiger partial charge in [0.05, 0.1) is 36.2 Å². The van der Waals surface area contributed by atoms with Gasteiger partial charge in [-0.25, -0.2) is 8.42 Å². The molecule has 2 rings (SSSR count). The predicted molar refractivity (Wildman–Crippen MR) is 128 cm³/mol. The van der Waals surface area contributed by atoms with Gasteiger partial charge in [-0.2, -0.15) is 12.7 Å². The zero-order chi connectivity index (χ0) is 25.5. The predicted octanol–water partition coefficient (Wildman–Crippen LogP) is -0.568. The summed E-state index contributed by atoms with van der Waals surface area (Å²) in [5, 5.41) is 30.4. The number of non-ortho nitro benzene ring substituents is 1. The topological polar surface area (TPSA) is 171 Å². The molecule has 16 heteroatoms. The van der Waals surface area contributed by atoms with E-state index in [9.17, 15) is 32.1 Å². The largest absolute Gasteiger partial charge is 0.394 e. The lowest BCUT2D eigenvalue weighted by Crippen LogP contribution is -2.50. The highest BCUT2D eigenvalue weighted by molar-refractivity contribution is 9.09. The third kappa shape index (κ3) is 8.08. The number of aliphatic hydroxyl groups is 2. The molecule has 2 N–H and O–H groups in total. The standard InChI is InChI=1S/C18H29BrN4O9S2/c1-33(28,29)32-11-10-21(5-4-19)17-3-2-15(23(26)27)12-18(17)34(30,31)22-8-6-20(7-9-22)13-16(25)14-24/h2-3,12,16,24-25H,4-11,13-14H2,1H3. The van der Waals surface area contributed by atoms with Gasteiger partial charge in [-0.15, -0.1) is 0 Å². The molecule has 194 valence electrons. The molecule has 1 fully saturated rings. The van der Waals surface area contributed by atoms with Crippen LogP contribution in [0.3, 0.4) is 0 Å². The van der Waals surface area contributed by atoms with Gasteiger partial charge in [0.15, 0.2) is 0 Å². The van der Waals surface area contributed by atoms with Crippen molar-refractivity contribution in [3.8, 4) is 0 Å². The summed E-state index contributed by atoms with van der Waals surface area (Å²) in [5.74, 6) is 0. The number of hydrogen-bond donors (Lipinski definition) is 2.